The first-order chi connectivity index (χ1) is 8.70. The minimum atomic E-state index is 0.882. The van der Waals surface area contributed by atoms with Crippen LogP contribution < -0.4 is 5.32 Å². The van der Waals surface area contributed by atoms with Crippen LogP contribution in [0.2, 0.25) is 0 Å². The van der Waals surface area contributed by atoms with E-state index in [0.29, 0.717) is 0 Å². The summed E-state index contributed by atoms with van der Waals surface area (Å²) in [6.45, 7) is 7.09. The molecule has 0 amide bonds. The molecule has 4 heteroatoms. The summed E-state index contributed by atoms with van der Waals surface area (Å²) in [6, 6.07) is 6.42. The first-order valence-electron chi connectivity index (χ1n) is 6.55. The van der Waals surface area contributed by atoms with Crippen molar-refractivity contribution in [2.45, 2.75) is 33.4 Å². The third-order valence-corrected chi connectivity index (χ3v) is 3.09. The van der Waals surface area contributed by atoms with Crippen LogP contribution in [0.5, 0.6) is 0 Å². The van der Waals surface area contributed by atoms with Gasteiger partial charge in [-0.05, 0) is 38.1 Å². The number of aromatic nitrogens is 3. The molecule has 18 heavy (non-hydrogen) atoms. The Hall–Kier alpha value is -1.55. The van der Waals surface area contributed by atoms with E-state index in [4.69, 9.17) is 0 Å². The molecule has 0 saturated heterocycles. The standard InChI is InChI=1S/C14H22N4/c1-4-7-15-10-13-6-5-8-18(13)11-14-9-12(2)16-17(14)3/h5-6,8-9,15H,4,7,10-11H2,1-3H3. The fourth-order valence-electron chi connectivity index (χ4n) is 2.14. The maximum Gasteiger partial charge on any atom is 0.0642 e. The fraction of sp³-hybridized carbons (Fsp3) is 0.500. The zero-order valence-corrected chi connectivity index (χ0v) is 11.5. The van der Waals surface area contributed by atoms with Gasteiger partial charge in [0.1, 0.15) is 0 Å². The molecule has 0 spiro atoms. The van der Waals surface area contributed by atoms with Gasteiger partial charge in [0.15, 0.2) is 0 Å². The molecule has 0 aromatic carbocycles. The molecule has 0 atom stereocenters. The first kappa shape index (κ1) is 12.9. The smallest absolute Gasteiger partial charge is 0.0642 e. The lowest BCUT2D eigenvalue weighted by Gasteiger charge is -2.10. The zero-order valence-electron chi connectivity index (χ0n) is 11.5. The van der Waals surface area contributed by atoms with Gasteiger partial charge in [-0.15, -0.1) is 0 Å². The predicted octanol–water partition coefficient (Wildman–Crippen LogP) is 2.08. The molecule has 0 unspecified atom stereocenters. The highest BCUT2D eigenvalue weighted by Gasteiger charge is 2.05. The molecule has 4 nitrogen and oxygen atoms in total. The molecule has 1 N–H and O–H groups in total. The van der Waals surface area contributed by atoms with Gasteiger partial charge in [0.2, 0.25) is 0 Å². The first-order valence-corrected chi connectivity index (χ1v) is 6.55. The van der Waals surface area contributed by atoms with Crippen LogP contribution in [-0.4, -0.2) is 20.9 Å². The molecule has 0 aliphatic carbocycles. The molecule has 2 heterocycles. The fourth-order valence-corrected chi connectivity index (χ4v) is 2.14. The monoisotopic (exact) mass is 246 g/mol. The van der Waals surface area contributed by atoms with Gasteiger partial charge in [0.05, 0.1) is 17.9 Å². The Morgan fingerprint density at radius 3 is 2.83 bits per heavy atom. The van der Waals surface area contributed by atoms with E-state index in [1.54, 1.807) is 0 Å². The van der Waals surface area contributed by atoms with Crippen LogP contribution >= 0.6 is 0 Å². The summed E-state index contributed by atoms with van der Waals surface area (Å²) in [4.78, 5) is 0. The Kier molecular flexibility index (Phi) is 4.20. The van der Waals surface area contributed by atoms with Crippen molar-refractivity contribution in [1.82, 2.24) is 19.7 Å². The second-order valence-corrected chi connectivity index (χ2v) is 4.70. The van der Waals surface area contributed by atoms with Crippen molar-refractivity contribution in [3.8, 4) is 0 Å². The van der Waals surface area contributed by atoms with Gasteiger partial charge in [0.25, 0.3) is 0 Å². The van der Waals surface area contributed by atoms with Gasteiger partial charge in [-0.1, -0.05) is 6.92 Å². The molecular formula is C14H22N4. The highest BCUT2D eigenvalue weighted by Crippen LogP contribution is 2.08. The normalized spacial score (nSPS) is 11.1. The Morgan fingerprint density at radius 1 is 1.33 bits per heavy atom. The summed E-state index contributed by atoms with van der Waals surface area (Å²) in [7, 11) is 2.00. The molecule has 0 saturated carbocycles. The van der Waals surface area contributed by atoms with Crippen molar-refractivity contribution < 1.29 is 0 Å². The third-order valence-electron chi connectivity index (χ3n) is 3.09. The maximum absolute atomic E-state index is 4.38. The van der Waals surface area contributed by atoms with Crippen LogP contribution in [0.25, 0.3) is 0 Å². The molecule has 0 fully saturated rings. The summed E-state index contributed by atoms with van der Waals surface area (Å²) in [6.07, 6.45) is 3.30. The Bertz CT molecular complexity index is 496. The maximum atomic E-state index is 4.38. The van der Waals surface area contributed by atoms with Gasteiger partial charge in [-0.2, -0.15) is 5.10 Å². The van der Waals surface area contributed by atoms with E-state index >= 15 is 0 Å². The Labute approximate surface area is 109 Å². The number of aryl methyl sites for hydroxylation is 2. The molecule has 0 bridgehead atoms. The largest absolute Gasteiger partial charge is 0.344 e. The van der Waals surface area contributed by atoms with Crippen LogP contribution in [0.3, 0.4) is 0 Å². The van der Waals surface area contributed by atoms with E-state index < -0.39 is 0 Å². The second-order valence-electron chi connectivity index (χ2n) is 4.70. The number of nitrogens with one attached hydrogen (secondary N) is 1. The van der Waals surface area contributed by atoms with Crippen molar-refractivity contribution in [2.75, 3.05) is 6.54 Å². The molecule has 0 aliphatic rings. The van der Waals surface area contributed by atoms with Crippen LogP contribution in [-0.2, 0) is 20.1 Å². The number of hydrogen-bond donors (Lipinski definition) is 1. The minimum absolute atomic E-state index is 0.882. The second kappa shape index (κ2) is 5.87. The van der Waals surface area contributed by atoms with Crippen LogP contribution in [0.4, 0.5) is 0 Å². The van der Waals surface area contributed by atoms with Crippen molar-refractivity contribution >= 4 is 0 Å². The van der Waals surface area contributed by atoms with Gasteiger partial charge in [-0.3, -0.25) is 4.68 Å². The SMILES string of the molecule is CCCNCc1cccn1Cc1cc(C)nn1C. The van der Waals surface area contributed by atoms with Crippen molar-refractivity contribution in [3.05, 3.63) is 41.5 Å². The molecule has 0 aliphatic heterocycles. The topological polar surface area (TPSA) is 34.8 Å². The van der Waals surface area contributed by atoms with E-state index in [1.807, 2.05) is 18.7 Å². The van der Waals surface area contributed by atoms with Crippen molar-refractivity contribution in [1.29, 1.82) is 0 Å². The zero-order chi connectivity index (χ0) is 13.0. The summed E-state index contributed by atoms with van der Waals surface area (Å²) in [5.41, 5.74) is 3.63. The Balaban J connectivity index is 2.05. The average molecular weight is 246 g/mol. The highest BCUT2D eigenvalue weighted by atomic mass is 15.3. The van der Waals surface area contributed by atoms with Gasteiger partial charge in [0, 0.05) is 25.5 Å². The van der Waals surface area contributed by atoms with Gasteiger partial charge in [-0.25, -0.2) is 0 Å². The predicted molar refractivity (Wildman–Crippen MR) is 73.5 cm³/mol. The van der Waals surface area contributed by atoms with E-state index in [9.17, 15) is 0 Å². The highest BCUT2D eigenvalue weighted by molar-refractivity contribution is 5.13. The molecule has 2 aromatic rings. The molecule has 2 aromatic heterocycles. The molecular weight excluding hydrogens is 224 g/mol. The van der Waals surface area contributed by atoms with E-state index in [-0.39, 0.29) is 0 Å². The number of hydrogen-bond acceptors (Lipinski definition) is 2. The minimum Gasteiger partial charge on any atom is -0.344 e. The van der Waals surface area contributed by atoms with Gasteiger partial charge < -0.3 is 9.88 Å². The lowest BCUT2D eigenvalue weighted by atomic mass is 10.3. The summed E-state index contributed by atoms with van der Waals surface area (Å²) < 4.78 is 4.23. The van der Waals surface area contributed by atoms with Crippen molar-refractivity contribution in [2.24, 2.45) is 7.05 Å². The summed E-state index contributed by atoms with van der Waals surface area (Å²) in [5.74, 6) is 0. The molecule has 2 rings (SSSR count). The van der Waals surface area contributed by atoms with E-state index in [1.165, 1.54) is 17.8 Å². The summed E-state index contributed by atoms with van der Waals surface area (Å²) in [5, 5.41) is 7.82. The van der Waals surface area contributed by atoms with Crippen LogP contribution in [0, 0.1) is 6.92 Å². The van der Waals surface area contributed by atoms with Crippen LogP contribution in [0.15, 0.2) is 24.4 Å². The number of rotatable bonds is 6. The van der Waals surface area contributed by atoms with Crippen molar-refractivity contribution in [3.63, 3.8) is 0 Å². The molecule has 0 radical (unpaired) electrons. The van der Waals surface area contributed by atoms with E-state index in [2.05, 4.69) is 46.3 Å². The van der Waals surface area contributed by atoms with E-state index in [0.717, 1.165) is 25.3 Å². The van der Waals surface area contributed by atoms with Crippen LogP contribution in [0.1, 0.15) is 30.4 Å². The Morgan fingerprint density at radius 2 is 2.17 bits per heavy atom. The molecule has 98 valence electrons. The summed E-state index contributed by atoms with van der Waals surface area (Å²) >= 11 is 0. The third kappa shape index (κ3) is 3.01. The average Bonchev–Trinajstić information content (AvgIpc) is 2.88. The number of nitrogens with zero attached hydrogens (tertiary/aromatic N) is 3. The van der Waals surface area contributed by atoms with Gasteiger partial charge >= 0.3 is 0 Å². The lowest BCUT2D eigenvalue weighted by molar-refractivity contribution is 0.609. The quantitative estimate of drug-likeness (QED) is 0.792. The lowest BCUT2D eigenvalue weighted by Crippen LogP contribution is -2.17.